The summed E-state index contributed by atoms with van der Waals surface area (Å²) < 4.78 is 20.5. The van der Waals surface area contributed by atoms with Gasteiger partial charge in [0.2, 0.25) is 6.79 Å². The molecular weight excluding hydrogens is 342 g/mol. The molecule has 134 valence electrons. The van der Waals surface area contributed by atoms with Gasteiger partial charge in [0.15, 0.2) is 11.5 Å². The van der Waals surface area contributed by atoms with Gasteiger partial charge in [-0.05, 0) is 18.2 Å². The summed E-state index contributed by atoms with van der Waals surface area (Å²) in [5.41, 5.74) is 0.273. The average Bonchev–Trinajstić information content (AvgIpc) is 3.12. The van der Waals surface area contributed by atoms with Gasteiger partial charge in [-0.25, -0.2) is 4.79 Å². The van der Waals surface area contributed by atoms with Crippen LogP contribution in [0, 0.1) is 10.1 Å². The van der Waals surface area contributed by atoms with Crippen molar-refractivity contribution in [1.82, 2.24) is 0 Å². The van der Waals surface area contributed by atoms with Gasteiger partial charge in [0.1, 0.15) is 5.75 Å². The molecule has 0 atom stereocenters. The fourth-order valence-corrected chi connectivity index (χ4v) is 2.59. The van der Waals surface area contributed by atoms with E-state index in [1.807, 2.05) is 0 Å². The Labute approximate surface area is 148 Å². The van der Waals surface area contributed by atoms with Crippen molar-refractivity contribution in [2.24, 2.45) is 0 Å². The van der Waals surface area contributed by atoms with E-state index in [-0.39, 0.29) is 23.6 Å². The topological polar surface area (TPSA) is 97.1 Å². The third-order valence-electron chi connectivity index (χ3n) is 3.82. The maximum atomic E-state index is 12.1. The highest BCUT2D eigenvalue weighted by molar-refractivity contribution is 5.97. The molecule has 1 heterocycles. The van der Waals surface area contributed by atoms with Crippen molar-refractivity contribution in [2.75, 3.05) is 21.0 Å². The Morgan fingerprint density at radius 1 is 1.15 bits per heavy atom. The minimum Gasteiger partial charge on any atom is -0.496 e. The quantitative estimate of drug-likeness (QED) is 0.351. The number of benzene rings is 2. The van der Waals surface area contributed by atoms with Crippen LogP contribution in [0.3, 0.4) is 0 Å². The molecule has 8 nitrogen and oxygen atoms in total. The number of esters is 1. The smallest absolute Gasteiger partial charge is 0.338 e. The molecule has 0 aromatic heterocycles. The van der Waals surface area contributed by atoms with Gasteiger partial charge >= 0.3 is 5.97 Å². The zero-order valence-corrected chi connectivity index (χ0v) is 14.1. The average molecular weight is 357 g/mol. The lowest BCUT2D eigenvalue weighted by molar-refractivity contribution is -0.374. The summed E-state index contributed by atoms with van der Waals surface area (Å²) in [4.78, 5) is 23.3. The molecule has 26 heavy (non-hydrogen) atoms. The standard InChI is InChI=1S/C18H15NO7/c1-23-15-6-4-3-5-11(15)7-14(19(21)22)12-8-16-17(26-10-25-16)9-13(12)18(20)24-2/h3-9H,10H2,1-2H3/b14-7-. The van der Waals surface area contributed by atoms with Crippen LogP contribution < -0.4 is 14.2 Å². The van der Waals surface area contributed by atoms with Crippen molar-refractivity contribution in [3.63, 3.8) is 0 Å². The van der Waals surface area contributed by atoms with Crippen molar-refractivity contribution >= 4 is 17.7 Å². The molecule has 8 heteroatoms. The van der Waals surface area contributed by atoms with Crippen LogP contribution in [0.4, 0.5) is 0 Å². The van der Waals surface area contributed by atoms with Crippen molar-refractivity contribution in [3.8, 4) is 17.2 Å². The Morgan fingerprint density at radius 2 is 1.81 bits per heavy atom. The van der Waals surface area contributed by atoms with Crippen LogP contribution in [0.1, 0.15) is 21.5 Å². The number of rotatable bonds is 5. The van der Waals surface area contributed by atoms with Crippen LogP contribution in [0.2, 0.25) is 0 Å². The van der Waals surface area contributed by atoms with Gasteiger partial charge in [0.05, 0.1) is 30.3 Å². The number of para-hydroxylation sites is 1. The molecule has 0 radical (unpaired) electrons. The summed E-state index contributed by atoms with van der Waals surface area (Å²) in [6.45, 7) is -0.0244. The molecule has 0 saturated carbocycles. The van der Waals surface area contributed by atoms with E-state index in [1.165, 1.54) is 32.4 Å². The normalized spacial score (nSPS) is 12.6. The predicted molar refractivity (Wildman–Crippen MR) is 91.8 cm³/mol. The molecule has 0 spiro atoms. The highest BCUT2D eigenvalue weighted by Crippen LogP contribution is 2.38. The maximum absolute atomic E-state index is 12.1. The minimum absolute atomic E-state index is 0.00889. The highest BCUT2D eigenvalue weighted by atomic mass is 16.7. The first-order valence-corrected chi connectivity index (χ1v) is 7.56. The minimum atomic E-state index is -0.717. The SMILES string of the molecule is COC(=O)c1cc2c(cc1/C(=C/c1ccccc1OC)[N+](=O)[O-])OCO2. The van der Waals surface area contributed by atoms with Crippen LogP contribution >= 0.6 is 0 Å². The predicted octanol–water partition coefficient (Wildman–Crippen LogP) is 2.99. The Kier molecular flexibility index (Phi) is 4.74. The number of methoxy groups -OCH3 is 2. The third-order valence-corrected chi connectivity index (χ3v) is 3.82. The molecule has 1 aliphatic heterocycles. The van der Waals surface area contributed by atoms with E-state index in [2.05, 4.69) is 0 Å². The second-order valence-electron chi connectivity index (χ2n) is 5.27. The fraction of sp³-hybridized carbons (Fsp3) is 0.167. The largest absolute Gasteiger partial charge is 0.496 e. The van der Waals surface area contributed by atoms with E-state index in [0.717, 1.165) is 0 Å². The second kappa shape index (κ2) is 7.14. The number of carbonyl (C=O) groups is 1. The summed E-state index contributed by atoms with van der Waals surface area (Å²) in [5.74, 6) is 0.396. The third kappa shape index (κ3) is 3.16. The van der Waals surface area contributed by atoms with Crippen molar-refractivity contribution < 1.29 is 28.7 Å². The van der Waals surface area contributed by atoms with Crippen LogP contribution in [-0.2, 0) is 4.74 Å². The van der Waals surface area contributed by atoms with Gasteiger partial charge in [-0.15, -0.1) is 0 Å². The molecule has 0 unspecified atom stereocenters. The summed E-state index contributed by atoms with van der Waals surface area (Å²) >= 11 is 0. The fourth-order valence-electron chi connectivity index (χ4n) is 2.59. The molecule has 0 fully saturated rings. The Morgan fingerprint density at radius 3 is 2.42 bits per heavy atom. The zero-order chi connectivity index (χ0) is 18.7. The number of hydrogen-bond acceptors (Lipinski definition) is 7. The van der Waals surface area contributed by atoms with Crippen LogP contribution in [0.25, 0.3) is 11.8 Å². The van der Waals surface area contributed by atoms with Crippen LogP contribution in [0.15, 0.2) is 36.4 Å². The van der Waals surface area contributed by atoms with E-state index in [4.69, 9.17) is 18.9 Å². The molecule has 0 aliphatic carbocycles. The van der Waals surface area contributed by atoms with Gasteiger partial charge in [-0.3, -0.25) is 10.1 Å². The number of nitro groups is 1. The van der Waals surface area contributed by atoms with E-state index in [1.54, 1.807) is 24.3 Å². The van der Waals surface area contributed by atoms with E-state index >= 15 is 0 Å². The first-order chi connectivity index (χ1) is 12.5. The molecule has 0 N–H and O–H groups in total. The van der Waals surface area contributed by atoms with Crippen molar-refractivity contribution in [2.45, 2.75) is 0 Å². The Hall–Kier alpha value is -3.55. The lowest BCUT2D eigenvalue weighted by atomic mass is 10.0. The maximum Gasteiger partial charge on any atom is 0.338 e. The van der Waals surface area contributed by atoms with Crippen LogP contribution in [-0.4, -0.2) is 31.9 Å². The number of hydrogen-bond donors (Lipinski definition) is 0. The van der Waals surface area contributed by atoms with Gasteiger partial charge in [0, 0.05) is 11.6 Å². The summed E-state index contributed by atoms with van der Waals surface area (Å²) in [5, 5.41) is 11.7. The van der Waals surface area contributed by atoms with Gasteiger partial charge in [-0.1, -0.05) is 18.2 Å². The van der Waals surface area contributed by atoms with E-state index in [0.29, 0.717) is 22.8 Å². The van der Waals surface area contributed by atoms with Gasteiger partial charge in [0.25, 0.3) is 5.70 Å². The van der Waals surface area contributed by atoms with Gasteiger partial charge in [-0.2, -0.15) is 0 Å². The monoisotopic (exact) mass is 357 g/mol. The first-order valence-electron chi connectivity index (χ1n) is 7.56. The summed E-state index contributed by atoms with van der Waals surface area (Å²) in [6, 6.07) is 9.62. The molecule has 0 saturated heterocycles. The molecular formula is C18H15NO7. The molecule has 1 aliphatic rings. The van der Waals surface area contributed by atoms with Crippen molar-refractivity contribution in [1.29, 1.82) is 0 Å². The molecule has 2 aromatic rings. The lowest BCUT2D eigenvalue weighted by Gasteiger charge is -2.09. The lowest BCUT2D eigenvalue weighted by Crippen LogP contribution is -2.09. The molecule has 0 amide bonds. The van der Waals surface area contributed by atoms with Crippen molar-refractivity contribution in [3.05, 3.63) is 63.2 Å². The van der Waals surface area contributed by atoms with Crippen LogP contribution in [0.5, 0.6) is 17.2 Å². The summed E-state index contributed by atoms with van der Waals surface area (Å²) in [7, 11) is 2.67. The number of carbonyl (C=O) groups excluding carboxylic acids is 1. The number of fused-ring (bicyclic) bond motifs is 1. The number of nitrogens with zero attached hydrogens (tertiary/aromatic N) is 1. The Bertz CT molecular complexity index is 904. The molecule has 2 aromatic carbocycles. The van der Waals surface area contributed by atoms with E-state index in [9.17, 15) is 14.9 Å². The summed E-state index contributed by atoms with van der Waals surface area (Å²) in [6.07, 6.45) is 1.34. The first kappa shape index (κ1) is 17.3. The molecule has 3 rings (SSSR count). The van der Waals surface area contributed by atoms with E-state index < -0.39 is 10.9 Å². The zero-order valence-electron chi connectivity index (χ0n) is 14.1. The second-order valence-corrected chi connectivity index (χ2v) is 5.27. The van der Waals surface area contributed by atoms with Gasteiger partial charge < -0.3 is 18.9 Å². The highest BCUT2D eigenvalue weighted by Gasteiger charge is 2.28. The molecule has 0 bridgehead atoms. The Balaban J connectivity index is 2.21. The number of ether oxygens (including phenoxy) is 4.